The summed E-state index contributed by atoms with van der Waals surface area (Å²) < 4.78 is 47.7. The summed E-state index contributed by atoms with van der Waals surface area (Å²) >= 11 is 0. The van der Waals surface area contributed by atoms with E-state index in [-0.39, 0.29) is 24.3 Å². The number of carbonyl (C=O) groups is 2. The number of benzene rings is 2. The Morgan fingerprint density at radius 1 is 1.14 bits per heavy atom. The molecular weight excluding hydrogens is 563 g/mol. The SMILES string of the molecule is CCOc1cc(N2CCN(C(C)=O)CC2)ccc1Nc1ncc(C(F)(F)F)c(NCc2cccc3c2C(C)(C)C(=O)N3)n1. The third kappa shape index (κ3) is 6.15. The fourth-order valence-electron chi connectivity index (χ4n) is 5.43. The van der Waals surface area contributed by atoms with E-state index >= 15 is 0 Å². The van der Waals surface area contributed by atoms with Crippen molar-refractivity contribution in [2.45, 2.75) is 45.8 Å². The number of anilines is 5. The van der Waals surface area contributed by atoms with Crippen molar-refractivity contribution >= 4 is 40.6 Å². The van der Waals surface area contributed by atoms with Gasteiger partial charge in [0, 0.05) is 63.3 Å². The molecule has 13 heteroatoms. The molecule has 0 unspecified atom stereocenters. The average molecular weight is 598 g/mol. The number of fused-ring (bicyclic) bond motifs is 1. The van der Waals surface area contributed by atoms with Gasteiger partial charge in [-0.05, 0) is 50.1 Å². The molecule has 1 fully saturated rings. The molecule has 3 N–H and O–H groups in total. The van der Waals surface area contributed by atoms with Crippen molar-refractivity contribution < 1.29 is 27.5 Å². The lowest BCUT2D eigenvalue weighted by Gasteiger charge is -2.35. The van der Waals surface area contributed by atoms with E-state index in [0.29, 0.717) is 55.5 Å². The third-order valence-electron chi connectivity index (χ3n) is 7.73. The maximum absolute atomic E-state index is 13.9. The Balaban J connectivity index is 1.39. The van der Waals surface area contributed by atoms with Gasteiger partial charge in [-0.3, -0.25) is 9.59 Å². The van der Waals surface area contributed by atoms with Crippen LogP contribution in [0.2, 0.25) is 0 Å². The van der Waals surface area contributed by atoms with Gasteiger partial charge in [0.2, 0.25) is 17.8 Å². The Kier molecular flexibility index (Phi) is 8.08. The highest BCUT2D eigenvalue weighted by atomic mass is 19.4. The lowest BCUT2D eigenvalue weighted by molar-refractivity contribution is -0.137. The van der Waals surface area contributed by atoms with E-state index in [1.165, 1.54) is 0 Å². The van der Waals surface area contributed by atoms with Gasteiger partial charge in [-0.1, -0.05) is 12.1 Å². The monoisotopic (exact) mass is 597 g/mol. The molecule has 2 aliphatic heterocycles. The predicted octanol–water partition coefficient (Wildman–Crippen LogP) is 5.15. The molecule has 0 saturated carbocycles. The van der Waals surface area contributed by atoms with Crippen LogP contribution in [-0.2, 0) is 27.7 Å². The molecule has 3 heterocycles. The Hall–Kier alpha value is -4.55. The highest BCUT2D eigenvalue weighted by molar-refractivity contribution is 6.06. The third-order valence-corrected chi connectivity index (χ3v) is 7.73. The van der Waals surface area contributed by atoms with Gasteiger partial charge in [-0.25, -0.2) is 4.98 Å². The van der Waals surface area contributed by atoms with Crippen LogP contribution in [-0.4, -0.2) is 59.5 Å². The average Bonchev–Trinajstić information content (AvgIpc) is 3.20. The molecule has 5 rings (SSSR count). The van der Waals surface area contributed by atoms with E-state index in [4.69, 9.17) is 4.74 Å². The summed E-state index contributed by atoms with van der Waals surface area (Å²) in [6, 6.07) is 10.8. The number of rotatable bonds is 8. The van der Waals surface area contributed by atoms with Gasteiger partial charge in [0.05, 0.1) is 17.7 Å². The second kappa shape index (κ2) is 11.6. The van der Waals surface area contributed by atoms with Crippen molar-refractivity contribution in [2.75, 3.05) is 53.6 Å². The van der Waals surface area contributed by atoms with E-state index < -0.39 is 23.0 Å². The number of amides is 2. The largest absolute Gasteiger partial charge is 0.492 e. The first-order valence-corrected chi connectivity index (χ1v) is 14.0. The van der Waals surface area contributed by atoms with Crippen LogP contribution in [0, 0.1) is 0 Å². The highest BCUT2D eigenvalue weighted by Gasteiger charge is 2.40. The van der Waals surface area contributed by atoms with Gasteiger partial charge in [-0.2, -0.15) is 18.2 Å². The molecule has 10 nitrogen and oxygen atoms in total. The van der Waals surface area contributed by atoms with Crippen molar-refractivity contribution in [3.63, 3.8) is 0 Å². The molecule has 3 aromatic rings. The fraction of sp³-hybridized carbons (Fsp3) is 0.400. The summed E-state index contributed by atoms with van der Waals surface area (Å²) in [6.07, 6.45) is -3.95. The maximum Gasteiger partial charge on any atom is 0.421 e. The van der Waals surface area contributed by atoms with Gasteiger partial charge >= 0.3 is 6.18 Å². The predicted molar refractivity (Wildman–Crippen MR) is 158 cm³/mol. The lowest BCUT2D eigenvalue weighted by atomic mass is 9.83. The molecule has 0 radical (unpaired) electrons. The van der Waals surface area contributed by atoms with Gasteiger partial charge < -0.3 is 30.5 Å². The van der Waals surface area contributed by atoms with Crippen LogP contribution in [0.15, 0.2) is 42.6 Å². The van der Waals surface area contributed by atoms with Crippen molar-refractivity contribution in [1.82, 2.24) is 14.9 Å². The minimum absolute atomic E-state index is 0.0108. The molecule has 2 aromatic carbocycles. The van der Waals surface area contributed by atoms with Crippen molar-refractivity contribution in [3.05, 3.63) is 59.3 Å². The first-order valence-electron chi connectivity index (χ1n) is 14.0. The Morgan fingerprint density at radius 2 is 1.88 bits per heavy atom. The van der Waals surface area contributed by atoms with E-state index in [9.17, 15) is 22.8 Å². The van der Waals surface area contributed by atoms with Crippen LogP contribution in [0.1, 0.15) is 44.4 Å². The lowest BCUT2D eigenvalue weighted by Crippen LogP contribution is -2.48. The van der Waals surface area contributed by atoms with E-state index in [0.717, 1.165) is 17.4 Å². The smallest absolute Gasteiger partial charge is 0.421 e. The standard InChI is InChI=1S/C30H34F3N7O3/c1-5-43-24-15-20(40-13-11-39(12-14-40)18(2)41)9-10-22(24)37-28-35-17-21(30(31,32)33)26(38-28)34-16-19-7-6-8-23-25(19)29(3,4)27(42)36-23/h6-10,15,17H,5,11-14,16H2,1-4H3,(H,36,42)(H2,34,35,37,38). The Bertz CT molecular complexity index is 1540. The maximum atomic E-state index is 13.9. The topological polar surface area (TPSA) is 112 Å². The summed E-state index contributed by atoms with van der Waals surface area (Å²) in [4.78, 5) is 36.2. The van der Waals surface area contributed by atoms with Crippen molar-refractivity contribution in [2.24, 2.45) is 0 Å². The second-order valence-electron chi connectivity index (χ2n) is 11.0. The van der Waals surface area contributed by atoms with Gasteiger partial charge in [0.15, 0.2) is 0 Å². The molecule has 2 amide bonds. The molecule has 43 heavy (non-hydrogen) atoms. The zero-order valence-electron chi connectivity index (χ0n) is 24.4. The summed E-state index contributed by atoms with van der Waals surface area (Å²) in [7, 11) is 0. The highest BCUT2D eigenvalue weighted by Crippen LogP contribution is 2.41. The Morgan fingerprint density at radius 3 is 2.56 bits per heavy atom. The molecular formula is C30H34F3N7O3. The summed E-state index contributed by atoms with van der Waals surface area (Å²) in [5, 5.41) is 8.67. The van der Waals surface area contributed by atoms with E-state index in [1.54, 1.807) is 49.9 Å². The summed E-state index contributed by atoms with van der Waals surface area (Å²) in [6.45, 7) is 9.89. The van der Waals surface area contributed by atoms with Crippen molar-refractivity contribution in [1.29, 1.82) is 0 Å². The number of piperazine rings is 1. The number of carbonyl (C=O) groups excluding carboxylic acids is 2. The first kappa shape index (κ1) is 29.9. The first-order chi connectivity index (χ1) is 20.4. The van der Waals surface area contributed by atoms with Gasteiger partial charge in [0.1, 0.15) is 17.1 Å². The molecule has 0 atom stereocenters. The number of hydrogen-bond donors (Lipinski definition) is 3. The zero-order chi connectivity index (χ0) is 30.9. The molecule has 0 spiro atoms. The number of alkyl halides is 3. The Labute approximate surface area is 247 Å². The minimum atomic E-state index is -4.69. The number of hydrogen-bond acceptors (Lipinski definition) is 8. The van der Waals surface area contributed by atoms with E-state index in [2.05, 4.69) is 30.8 Å². The molecule has 1 aromatic heterocycles. The molecule has 2 aliphatic rings. The zero-order valence-corrected chi connectivity index (χ0v) is 24.4. The second-order valence-corrected chi connectivity index (χ2v) is 11.0. The molecule has 0 aliphatic carbocycles. The molecule has 1 saturated heterocycles. The minimum Gasteiger partial charge on any atom is -0.492 e. The number of nitrogens with one attached hydrogen (secondary N) is 3. The van der Waals surface area contributed by atoms with Crippen LogP contribution in [0.5, 0.6) is 5.75 Å². The molecule has 228 valence electrons. The van der Waals surface area contributed by atoms with Crippen molar-refractivity contribution in [3.8, 4) is 5.75 Å². The van der Waals surface area contributed by atoms with Crippen LogP contribution in [0.3, 0.4) is 0 Å². The van der Waals surface area contributed by atoms with Gasteiger partial charge in [0.25, 0.3) is 0 Å². The van der Waals surface area contributed by atoms with Crippen LogP contribution in [0.4, 0.5) is 42.0 Å². The van der Waals surface area contributed by atoms with E-state index in [1.807, 2.05) is 19.1 Å². The normalized spacial score (nSPS) is 16.0. The number of ether oxygens (including phenoxy) is 1. The van der Waals surface area contributed by atoms with Crippen LogP contribution < -0.4 is 25.6 Å². The number of aromatic nitrogens is 2. The van der Waals surface area contributed by atoms with Gasteiger partial charge in [-0.15, -0.1) is 0 Å². The fourth-order valence-corrected chi connectivity index (χ4v) is 5.43. The summed E-state index contributed by atoms with van der Waals surface area (Å²) in [5.74, 6) is -0.0752. The number of nitrogens with zero attached hydrogens (tertiary/aromatic N) is 4. The number of halogens is 3. The van der Waals surface area contributed by atoms with Crippen LogP contribution in [0.25, 0.3) is 0 Å². The molecule has 0 bridgehead atoms. The summed E-state index contributed by atoms with van der Waals surface area (Å²) in [5.41, 5.74) is 1.61. The quantitative estimate of drug-likeness (QED) is 0.327. The van der Waals surface area contributed by atoms with Crippen LogP contribution >= 0.6 is 0 Å².